The standard InChI is InChI=1S/C11H12ClFO2/c1-2-3-6-15-11(14)8-4-5-10(13)9(12)7-8/h4-5,7H,2-3,6H2,1H3. The first-order valence-corrected chi connectivity index (χ1v) is 5.15. The van der Waals surface area contributed by atoms with Crippen molar-refractivity contribution in [2.24, 2.45) is 0 Å². The van der Waals surface area contributed by atoms with Crippen molar-refractivity contribution in [1.82, 2.24) is 0 Å². The van der Waals surface area contributed by atoms with Gasteiger partial charge in [0.2, 0.25) is 0 Å². The Hall–Kier alpha value is -1.09. The summed E-state index contributed by atoms with van der Waals surface area (Å²) in [4.78, 5) is 11.4. The number of hydrogen-bond donors (Lipinski definition) is 0. The molecule has 0 aliphatic heterocycles. The van der Waals surface area contributed by atoms with Crippen LogP contribution in [0.25, 0.3) is 0 Å². The van der Waals surface area contributed by atoms with Crippen LogP contribution in [0.15, 0.2) is 18.2 Å². The van der Waals surface area contributed by atoms with Crippen LogP contribution in [0, 0.1) is 5.82 Å². The number of ether oxygens (including phenoxy) is 1. The van der Waals surface area contributed by atoms with Crippen molar-refractivity contribution >= 4 is 17.6 Å². The van der Waals surface area contributed by atoms with E-state index in [2.05, 4.69) is 0 Å². The van der Waals surface area contributed by atoms with E-state index in [4.69, 9.17) is 16.3 Å². The molecule has 1 rings (SSSR count). The number of rotatable bonds is 4. The molecule has 1 aromatic carbocycles. The van der Waals surface area contributed by atoms with Crippen LogP contribution < -0.4 is 0 Å². The maximum absolute atomic E-state index is 12.8. The molecule has 0 aromatic heterocycles. The van der Waals surface area contributed by atoms with E-state index in [-0.39, 0.29) is 10.6 Å². The molecule has 82 valence electrons. The molecule has 1 aromatic rings. The molecule has 2 nitrogen and oxygen atoms in total. The van der Waals surface area contributed by atoms with Gasteiger partial charge in [0.15, 0.2) is 0 Å². The van der Waals surface area contributed by atoms with Crippen LogP contribution in [-0.4, -0.2) is 12.6 Å². The van der Waals surface area contributed by atoms with Crippen molar-refractivity contribution in [1.29, 1.82) is 0 Å². The van der Waals surface area contributed by atoms with Gasteiger partial charge in [-0.15, -0.1) is 0 Å². The summed E-state index contributed by atoms with van der Waals surface area (Å²) in [6.45, 7) is 2.38. The van der Waals surface area contributed by atoms with E-state index < -0.39 is 11.8 Å². The van der Waals surface area contributed by atoms with E-state index >= 15 is 0 Å². The van der Waals surface area contributed by atoms with Gasteiger partial charge in [0.05, 0.1) is 17.2 Å². The molecule has 0 N–H and O–H groups in total. The Morgan fingerprint density at radius 2 is 2.27 bits per heavy atom. The first-order chi connectivity index (χ1) is 7.15. The van der Waals surface area contributed by atoms with Crippen molar-refractivity contribution < 1.29 is 13.9 Å². The topological polar surface area (TPSA) is 26.3 Å². The number of unbranched alkanes of at least 4 members (excludes halogenated alkanes) is 1. The van der Waals surface area contributed by atoms with Crippen molar-refractivity contribution in [2.75, 3.05) is 6.61 Å². The number of halogens is 2. The Kier molecular flexibility index (Phi) is 4.56. The lowest BCUT2D eigenvalue weighted by atomic mass is 10.2. The molecule has 0 saturated heterocycles. The Labute approximate surface area is 93.0 Å². The van der Waals surface area contributed by atoms with Crippen LogP contribution in [0.4, 0.5) is 4.39 Å². The van der Waals surface area contributed by atoms with Crippen molar-refractivity contribution in [3.05, 3.63) is 34.6 Å². The summed E-state index contributed by atoms with van der Waals surface area (Å²) in [7, 11) is 0. The van der Waals surface area contributed by atoms with Gasteiger partial charge >= 0.3 is 5.97 Å². The average Bonchev–Trinajstić information content (AvgIpc) is 2.22. The minimum absolute atomic E-state index is 0.0695. The molecule has 0 fully saturated rings. The van der Waals surface area contributed by atoms with Gasteiger partial charge in [-0.2, -0.15) is 0 Å². The third-order valence-electron chi connectivity index (χ3n) is 1.89. The second-order valence-electron chi connectivity index (χ2n) is 3.12. The molecule has 0 aliphatic carbocycles. The van der Waals surface area contributed by atoms with E-state index in [0.717, 1.165) is 18.9 Å². The van der Waals surface area contributed by atoms with Gasteiger partial charge in [-0.25, -0.2) is 9.18 Å². The molecule has 0 saturated carbocycles. The maximum atomic E-state index is 12.8. The van der Waals surface area contributed by atoms with Crippen molar-refractivity contribution in [3.63, 3.8) is 0 Å². The highest BCUT2D eigenvalue weighted by Gasteiger charge is 2.09. The molecule has 4 heteroatoms. The van der Waals surface area contributed by atoms with E-state index in [1.807, 2.05) is 6.92 Å². The number of benzene rings is 1. The fourth-order valence-corrected chi connectivity index (χ4v) is 1.20. The smallest absolute Gasteiger partial charge is 0.338 e. The van der Waals surface area contributed by atoms with Crippen LogP contribution in [0.1, 0.15) is 30.1 Å². The first-order valence-electron chi connectivity index (χ1n) is 4.77. The minimum atomic E-state index is -0.540. The van der Waals surface area contributed by atoms with E-state index in [9.17, 15) is 9.18 Å². The third-order valence-corrected chi connectivity index (χ3v) is 2.18. The van der Waals surface area contributed by atoms with E-state index in [1.54, 1.807) is 0 Å². The van der Waals surface area contributed by atoms with Crippen LogP contribution in [-0.2, 0) is 4.74 Å². The third kappa shape index (κ3) is 3.51. The number of carbonyl (C=O) groups excluding carboxylic acids is 1. The molecule has 15 heavy (non-hydrogen) atoms. The van der Waals surface area contributed by atoms with Gasteiger partial charge in [-0.05, 0) is 24.6 Å². The Morgan fingerprint density at radius 1 is 1.53 bits per heavy atom. The zero-order valence-electron chi connectivity index (χ0n) is 8.43. The molecule has 0 radical (unpaired) electrons. The van der Waals surface area contributed by atoms with E-state index in [1.165, 1.54) is 12.1 Å². The second-order valence-corrected chi connectivity index (χ2v) is 3.53. The molecule has 0 atom stereocenters. The summed E-state index contributed by atoms with van der Waals surface area (Å²) in [5, 5.41) is -0.0695. The number of carbonyl (C=O) groups is 1. The van der Waals surface area contributed by atoms with Crippen LogP contribution >= 0.6 is 11.6 Å². The summed E-state index contributed by atoms with van der Waals surface area (Å²) in [6.07, 6.45) is 1.78. The predicted molar refractivity (Wildman–Crippen MR) is 56.6 cm³/mol. The lowest BCUT2D eigenvalue weighted by Gasteiger charge is -2.04. The largest absolute Gasteiger partial charge is 0.462 e. The summed E-state index contributed by atoms with van der Waals surface area (Å²) in [6, 6.07) is 3.78. The summed E-state index contributed by atoms with van der Waals surface area (Å²) in [5.41, 5.74) is 0.275. The summed E-state index contributed by atoms with van der Waals surface area (Å²) >= 11 is 5.54. The average molecular weight is 231 g/mol. The Balaban J connectivity index is 2.62. The quantitative estimate of drug-likeness (QED) is 0.585. The first kappa shape index (κ1) is 12.0. The fourth-order valence-electron chi connectivity index (χ4n) is 1.02. The number of esters is 1. The summed E-state index contributed by atoms with van der Waals surface area (Å²) < 4.78 is 17.7. The van der Waals surface area contributed by atoms with Gasteiger partial charge in [0.1, 0.15) is 5.82 Å². The van der Waals surface area contributed by atoms with Gasteiger partial charge in [0.25, 0.3) is 0 Å². The van der Waals surface area contributed by atoms with Crippen LogP contribution in [0.3, 0.4) is 0 Å². The normalized spacial score (nSPS) is 10.1. The number of hydrogen-bond acceptors (Lipinski definition) is 2. The van der Waals surface area contributed by atoms with Crippen LogP contribution in [0.2, 0.25) is 5.02 Å². The molecule has 0 heterocycles. The summed E-state index contributed by atoms with van der Waals surface area (Å²) in [5.74, 6) is -1.01. The maximum Gasteiger partial charge on any atom is 0.338 e. The highest BCUT2D eigenvalue weighted by atomic mass is 35.5. The monoisotopic (exact) mass is 230 g/mol. The highest BCUT2D eigenvalue weighted by Crippen LogP contribution is 2.16. The van der Waals surface area contributed by atoms with E-state index in [0.29, 0.717) is 6.61 Å². The molecular formula is C11H12ClFO2. The molecular weight excluding hydrogens is 219 g/mol. The van der Waals surface area contributed by atoms with Gasteiger partial charge in [-0.1, -0.05) is 24.9 Å². The van der Waals surface area contributed by atoms with Gasteiger partial charge < -0.3 is 4.74 Å². The second kappa shape index (κ2) is 5.71. The zero-order valence-corrected chi connectivity index (χ0v) is 9.18. The van der Waals surface area contributed by atoms with Gasteiger partial charge in [-0.3, -0.25) is 0 Å². The Bertz CT molecular complexity index is 352. The molecule has 0 unspecified atom stereocenters. The zero-order chi connectivity index (χ0) is 11.3. The predicted octanol–water partition coefficient (Wildman–Crippen LogP) is 3.44. The Morgan fingerprint density at radius 3 is 2.87 bits per heavy atom. The fraction of sp³-hybridized carbons (Fsp3) is 0.364. The lowest BCUT2D eigenvalue weighted by molar-refractivity contribution is 0.0499. The lowest BCUT2D eigenvalue weighted by Crippen LogP contribution is -2.06. The molecule has 0 aliphatic rings. The minimum Gasteiger partial charge on any atom is -0.462 e. The molecule has 0 spiro atoms. The SMILES string of the molecule is CCCCOC(=O)c1ccc(F)c(Cl)c1. The van der Waals surface area contributed by atoms with Crippen molar-refractivity contribution in [2.45, 2.75) is 19.8 Å². The molecule has 0 bridgehead atoms. The van der Waals surface area contributed by atoms with Crippen LogP contribution in [0.5, 0.6) is 0 Å². The van der Waals surface area contributed by atoms with Crippen molar-refractivity contribution in [3.8, 4) is 0 Å². The highest BCUT2D eigenvalue weighted by molar-refractivity contribution is 6.31. The van der Waals surface area contributed by atoms with Gasteiger partial charge in [0, 0.05) is 0 Å². The molecule has 0 amide bonds.